The molecule has 1 heterocycles. The third kappa shape index (κ3) is 4.85. The lowest BCUT2D eigenvalue weighted by Gasteiger charge is -2.14. The van der Waals surface area contributed by atoms with E-state index >= 15 is 0 Å². The van der Waals surface area contributed by atoms with E-state index in [9.17, 15) is 23.1 Å². The minimum absolute atomic E-state index is 0.149. The number of hydrogen-bond acceptors (Lipinski definition) is 3. The molecule has 8 heteroatoms. The summed E-state index contributed by atoms with van der Waals surface area (Å²) in [6.45, 7) is 2.46. The number of rotatable bonds is 8. The smallest absolute Gasteiger partial charge is 0.418 e. The zero-order chi connectivity index (χ0) is 24.3. The second kappa shape index (κ2) is 9.51. The van der Waals surface area contributed by atoms with Crippen LogP contribution in [0.15, 0.2) is 66.7 Å². The van der Waals surface area contributed by atoms with Gasteiger partial charge in [-0.1, -0.05) is 42.5 Å². The second-order valence-electron chi connectivity index (χ2n) is 7.64. The number of halogens is 3. The fourth-order valence-corrected chi connectivity index (χ4v) is 3.88. The van der Waals surface area contributed by atoms with E-state index in [0.717, 1.165) is 11.6 Å². The summed E-state index contributed by atoms with van der Waals surface area (Å²) >= 11 is 0. The van der Waals surface area contributed by atoms with Crippen LogP contribution in [-0.4, -0.2) is 22.7 Å². The highest BCUT2D eigenvalue weighted by molar-refractivity contribution is 5.96. The molecule has 0 atom stereocenters. The van der Waals surface area contributed by atoms with Crippen molar-refractivity contribution in [3.8, 4) is 22.8 Å². The molecule has 4 rings (SSSR count). The van der Waals surface area contributed by atoms with Gasteiger partial charge in [0, 0.05) is 10.9 Å². The van der Waals surface area contributed by atoms with Crippen molar-refractivity contribution in [3.63, 3.8) is 0 Å². The van der Waals surface area contributed by atoms with Gasteiger partial charge in [0.15, 0.2) is 11.5 Å². The van der Waals surface area contributed by atoms with Gasteiger partial charge in [-0.15, -0.1) is 0 Å². The molecule has 176 valence electrons. The molecule has 0 radical (unpaired) electrons. The molecule has 0 aliphatic heterocycles. The Bertz CT molecular complexity index is 1310. The first-order valence-corrected chi connectivity index (χ1v) is 10.6. The van der Waals surface area contributed by atoms with Gasteiger partial charge in [0.1, 0.15) is 6.61 Å². The number of carboxylic acids is 1. The zero-order valence-corrected chi connectivity index (χ0v) is 18.3. The SMILES string of the molecule is CCOc1cc(-c2[nH]c3c(C(F)(F)F)cccc3c2CC(=O)O)ccc1OCc1ccccc1. The third-order valence-corrected chi connectivity index (χ3v) is 5.34. The largest absolute Gasteiger partial charge is 0.490 e. The van der Waals surface area contributed by atoms with Crippen LogP contribution >= 0.6 is 0 Å². The number of para-hydroxylation sites is 1. The maximum absolute atomic E-state index is 13.6. The molecule has 0 bridgehead atoms. The molecule has 2 N–H and O–H groups in total. The number of aromatic amines is 1. The number of fused-ring (bicyclic) bond motifs is 1. The molecular weight excluding hydrogens is 447 g/mol. The number of hydrogen-bond donors (Lipinski definition) is 2. The minimum Gasteiger partial charge on any atom is -0.490 e. The average Bonchev–Trinajstić information content (AvgIpc) is 3.16. The van der Waals surface area contributed by atoms with Gasteiger partial charge >= 0.3 is 12.1 Å². The van der Waals surface area contributed by atoms with Crippen molar-refractivity contribution < 1.29 is 32.5 Å². The van der Waals surface area contributed by atoms with E-state index in [2.05, 4.69) is 4.98 Å². The van der Waals surface area contributed by atoms with Crippen LogP contribution in [0.4, 0.5) is 13.2 Å². The topological polar surface area (TPSA) is 71.6 Å². The first kappa shape index (κ1) is 23.2. The Kier molecular flexibility index (Phi) is 6.49. The fourth-order valence-electron chi connectivity index (χ4n) is 3.88. The Hall–Kier alpha value is -3.94. The summed E-state index contributed by atoms with van der Waals surface area (Å²) in [5, 5.41) is 9.64. The number of alkyl halides is 3. The van der Waals surface area contributed by atoms with E-state index in [4.69, 9.17) is 9.47 Å². The first-order chi connectivity index (χ1) is 16.3. The molecule has 0 amide bonds. The number of ether oxygens (including phenoxy) is 2. The Morgan fingerprint density at radius 1 is 0.971 bits per heavy atom. The zero-order valence-electron chi connectivity index (χ0n) is 18.3. The standard InChI is InChI=1S/C26H22F3NO4/c1-2-33-22-13-17(11-12-21(22)34-15-16-7-4-3-5-8-16)24-19(14-23(31)32)18-9-6-10-20(25(18)30-24)26(27,28)29/h3-13,30H,2,14-15H2,1H3,(H,31,32). The summed E-state index contributed by atoms with van der Waals surface area (Å²) in [5.74, 6) is -0.263. The van der Waals surface area contributed by atoms with Gasteiger partial charge in [-0.3, -0.25) is 4.79 Å². The summed E-state index contributed by atoms with van der Waals surface area (Å²) in [6.07, 6.45) is -5.03. The lowest BCUT2D eigenvalue weighted by atomic mass is 10.0. The van der Waals surface area contributed by atoms with Gasteiger partial charge in [0.25, 0.3) is 0 Å². The maximum atomic E-state index is 13.6. The predicted molar refractivity (Wildman–Crippen MR) is 122 cm³/mol. The average molecular weight is 469 g/mol. The number of carbonyl (C=O) groups is 1. The Balaban J connectivity index is 1.79. The molecule has 1 aromatic heterocycles. The van der Waals surface area contributed by atoms with Gasteiger partial charge in [-0.25, -0.2) is 0 Å². The number of benzene rings is 3. The quantitative estimate of drug-likeness (QED) is 0.311. The number of carboxylic acid groups (broad SMARTS) is 1. The van der Waals surface area contributed by atoms with E-state index in [1.807, 2.05) is 37.3 Å². The summed E-state index contributed by atoms with van der Waals surface area (Å²) in [6, 6.07) is 18.3. The molecular formula is C26H22F3NO4. The van der Waals surface area contributed by atoms with Crippen molar-refractivity contribution in [2.45, 2.75) is 26.1 Å². The van der Waals surface area contributed by atoms with E-state index in [-0.39, 0.29) is 16.5 Å². The molecule has 5 nitrogen and oxygen atoms in total. The summed E-state index contributed by atoms with van der Waals surface area (Å²) in [4.78, 5) is 14.4. The van der Waals surface area contributed by atoms with Gasteiger partial charge in [-0.05, 0) is 42.3 Å². The van der Waals surface area contributed by atoms with Gasteiger partial charge in [0.2, 0.25) is 0 Å². The summed E-state index contributed by atoms with van der Waals surface area (Å²) in [5.41, 5.74) is 1.03. The fraction of sp³-hybridized carbons (Fsp3) is 0.192. The monoisotopic (exact) mass is 469 g/mol. The third-order valence-electron chi connectivity index (χ3n) is 5.34. The number of nitrogens with one attached hydrogen (secondary N) is 1. The van der Waals surface area contributed by atoms with E-state index in [1.54, 1.807) is 18.2 Å². The van der Waals surface area contributed by atoms with Crippen molar-refractivity contribution in [1.29, 1.82) is 0 Å². The molecule has 0 spiro atoms. The second-order valence-corrected chi connectivity index (χ2v) is 7.64. The van der Waals surface area contributed by atoms with Crippen molar-refractivity contribution in [3.05, 3.63) is 83.4 Å². The maximum Gasteiger partial charge on any atom is 0.418 e. The highest BCUT2D eigenvalue weighted by atomic mass is 19.4. The normalized spacial score (nSPS) is 11.5. The van der Waals surface area contributed by atoms with Gasteiger partial charge in [0.05, 0.1) is 29.8 Å². The van der Waals surface area contributed by atoms with Gasteiger partial charge in [-0.2, -0.15) is 13.2 Å². The Labute approximate surface area is 193 Å². The van der Waals surface area contributed by atoms with Crippen molar-refractivity contribution in [2.24, 2.45) is 0 Å². The highest BCUT2D eigenvalue weighted by Gasteiger charge is 2.34. The predicted octanol–water partition coefficient (Wildman–Crippen LogP) is 6.46. The van der Waals surface area contributed by atoms with Crippen LogP contribution in [0.2, 0.25) is 0 Å². The first-order valence-electron chi connectivity index (χ1n) is 10.6. The van der Waals surface area contributed by atoms with Crippen molar-refractivity contribution >= 4 is 16.9 Å². The van der Waals surface area contributed by atoms with E-state index in [1.165, 1.54) is 12.1 Å². The van der Waals surface area contributed by atoms with Crippen molar-refractivity contribution in [2.75, 3.05) is 6.61 Å². The number of aliphatic carboxylic acids is 1. The molecule has 0 aliphatic rings. The molecule has 0 saturated carbocycles. The molecule has 3 aromatic carbocycles. The summed E-state index contributed by atoms with van der Waals surface area (Å²) in [7, 11) is 0. The molecule has 4 aromatic rings. The lowest BCUT2D eigenvalue weighted by molar-refractivity contribution is -0.137. The van der Waals surface area contributed by atoms with Crippen molar-refractivity contribution in [1.82, 2.24) is 4.98 Å². The van der Waals surface area contributed by atoms with Crippen LogP contribution in [0.5, 0.6) is 11.5 Å². The number of aromatic nitrogens is 1. The van der Waals surface area contributed by atoms with Gasteiger partial charge < -0.3 is 19.6 Å². The molecule has 0 fully saturated rings. The number of H-pyrrole nitrogens is 1. The summed E-state index contributed by atoms with van der Waals surface area (Å²) < 4.78 is 52.4. The lowest BCUT2D eigenvalue weighted by Crippen LogP contribution is -2.05. The van der Waals surface area contributed by atoms with E-state index < -0.39 is 24.1 Å². The molecule has 0 saturated heterocycles. The van der Waals surface area contributed by atoms with E-state index in [0.29, 0.717) is 36.0 Å². The van der Waals surface area contributed by atoms with Crippen LogP contribution in [0.25, 0.3) is 22.2 Å². The molecule has 0 aliphatic carbocycles. The molecule has 0 unspecified atom stereocenters. The van der Waals surface area contributed by atoms with Crippen LogP contribution in [0, 0.1) is 0 Å². The van der Waals surface area contributed by atoms with Crippen LogP contribution < -0.4 is 9.47 Å². The van der Waals surface area contributed by atoms with Crippen LogP contribution in [-0.2, 0) is 24.0 Å². The Morgan fingerprint density at radius 3 is 2.41 bits per heavy atom. The molecule has 34 heavy (non-hydrogen) atoms. The van der Waals surface area contributed by atoms with Crippen LogP contribution in [0.3, 0.4) is 0 Å². The highest BCUT2D eigenvalue weighted by Crippen LogP contribution is 2.40. The van der Waals surface area contributed by atoms with Crippen LogP contribution in [0.1, 0.15) is 23.6 Å². The Morgan fingerprint density at radius 2 is 1.74 bits per heavy atom. The minimum atomic E-state index is -4.59.